The van der Waals surface area contributed by atoms with Crippen LogP contribution in [0.5, 0.6) is 5.75 Å². The van der Waals surface area contributed by atoms with Gasteiger partial charge in [0, 0.05) is 44.4 Å². The summed E-state index contributed by atoms with van der Waals surface area (Å²) in [7, 11) is 4.21. The average Bonchev–Trinajstić information content (AvgIpc) is 3.34. The van der Waals surface area contributed by atoms with Crippen molar-refractivity contribution in [3.8, 4) is 5.75 Å². The molecule has 2 aliphatic rings. The summed E-state index contributed by atoms with van der Waals surface area (Å²) in [6.07, 6.45) is 7.38. The van der Waals surface area contributed by atoms with Crippen LogP contribution in [0.2, 0.25) is 0 Å². The maximum Gasteiger partial charge on any atom is 0.263 e. The smallest absolute Gasteiger partial charge is 0.263 e. The van der Waals surface area contributed by atoms with Gasteiger partial charge in [0.2, 0.25) is 0 Å². The summed E-state index contributed by atoms with van der Waals surface area (Å²) in [5.74, 6) is 2.59. The van der Waals surface area contributed by atoms with E-state index in [1.54, 1.807) is 0 Å². The van der Waals surface area contributed by atoms with Gasteiger partial charge in [-0.3, -0.25) is 4.79 Å². The number of hydrogen-bond donors (Lipinski definition) is 0. The first-order chi connectivity index (χ1) is 13.6. The third-order valence-corrected chi connectivity index (χ3v) is 5.85. The molecule has 0 bridgehead atoms. The van der Waals surface area contributed by atoms with Gasteiger partial charge in [0.15, 0.2) is 6.10 Å². The van der Waals surface area contributed by atoms with E-state index in [0.29, 0.717) is 12.3 Å². The molecular weight excluding hydrogens is 352 g/mol. The largest absolute Gasteiger partial charge is 0.480 e. The summed E-state index contributed by atoms with van der Waals surface area (Å²) < 4.78 is 8.19. The van der Waals surface area contributed by atoms with Crippen LogP contribution in [0.1, 0.15) is 36.6 Å². The Hall–Kier alpha value is -2.34. The second-order valence-corrected chi connectivity index (χ2v) is 8.15. The maximum absolute atomic E-state index is 12.9. The number of ether oxygens (including phenoxy) is 1. The number of aromatic nitrogens is 2. The Morgan fingerprint density at radius 3 is 2.79 bits per heavy atom. The van der Waals surface area contributed by atoms with Crippen molar-refractivity contribution in [1.82, 2.24) is 19.4 Å². The highest BCUT2D eigenvalue weighted by molar-refractivity contribution is 5.82. The van der Waals surface area contributed by atoms with E-state index in [1.807, 2.05) is 35.4 Å². The second-order valence-electron chi connectivity index (χ2n) is 8.15. The molecular formula is C22H30N4O2. The summed E-state index contributed by atoms with van der Waals surface area (Å²) in [6.45, 7) is 3.64. The number of amides is 1. The van der Waals surface area contributed by atoms with Gasteiger partial charge in [0.1, 0.15) is 11.6 Å². The average molecular weight is 383 g/mol. The minimum Gasteiger partial charge on any atom is -0.480 e. The second kappa shape index (κ2) is 8.35. The molecule has 0 saturated carbocycles. The lowest BCUT2D eigenvalue weighted by atomic mass is 9.95. The molecule has 0 unspecified atom stereocenters. The molecule has 0 aliphatic carbocycles. The van der Waals surface area contributed by atoms with E-state index >= 15 is 0 Å². The van der Waals surface area contributed by atoms with Gasteiger partial charge in [-0.15, -0.1) is 0 Å². The Bertz CT molecular complexity index is 783. The number of rotatable bonds is 6. The first-order valence-electron chi connectivity index (χ1n) is 10.3. The van der Waals surface area contributed by atoms with Gasteiger partial charge in [-0.2, -0.15) is 0 Å². The lowest BCUT2D eigenvalue weighted by Gasteiger charge is -2.33. The molecule has 4 rings (SSSR count). The first-order valence-corrected chi connectivity index (χ1v) is 10.3. The van der Waals surface area contributed by atoms with Crippen molar-refractivity contribution < 1.29 is 9.53 Å². The van der Waals surface area contributed by atoms with Crippen LogP contribution in [0.15, 0.2) is 36.7 Å². The number of imidazole rings is 1. The number of carbonyl (C=O) groups excluding carboxylic acids is 1. The lowest BCUT2D eigenvalue weighted by molar-refractivity contribution is -0.139. The van der Waals surface area contributed by atoms with E-state index in [1.165, 1.54) is 5.82 Å². The quantitative estimate of drug-likeness (QED) is 0.770. The highest BCUT2D eigenvalue weighted by Crippen LogP contribution is 2.31. The highest BCUT2D eigenvalue weighted by Gasteiger charge is 2.34. The molecule has 6 nitrogen and oxygen atoms in total. The predicted octanol–water partition coefficient (Wildman–Crippen LogP) is 2.54. The van der Waals surface area contributed by atoms with Gasteiger partial charge in [0.25, 0.3) is 5.91 Å². The molecule has 2 aromatic rings. The number of benzene rings is 1. The minimum atomic E-state index is -0.359. The van der Waals surface area contributed by atoms with Crippen molar-refractivity contribution in [3.05, 3.63) is 48.0 Å². The number of fused-ring (bicyclic) bond motifs is 1. The zero-order chi connectivity index (χ0) is 19.5. The Morgan fingerprint density at radius 1 is 1.25 bits per heavy atom. The molecule has 3 heterocycles. The SMILES string of the molecule is CN(C)CCCn1ccnc1C1CCN(C(=O)[C@H]2Cc3ccccc3O2)CC1. The molecule has 1 aromatic carbocycles. The van der Waals surface area contributed by atoms with E-state index in [9.17, 15) is 4.79 Å². The third kappa shape index (κ3) is 4.07. The van der Waals surface area contributed by atoms with Gasteiger partial charge in [-0.1, -0.05) is 18.2 Å². The number of piperidine rings is 1. The number of para-hydroxylation sites is 1. The Kier molecular flexibility index (Phi) is 5.67. The monoisotopic (exact) mass is 382 g/mol. The van der Waals surface area contributed by atoms with Gasteiger partial charge >= 0.3 is 0 Å². The van der Waals surface area contributed by atoms with Crippen molar-refractivity contribution in [2.45, 2.75) is 44.2 Å². The summed E-state index contributed by atoms with van der Waals surface area (Å²) >= 11 is 0. The molecule has 6 heteroatoms. The van der Waals surface area contributed by atoms with E-state index in [2.05, 4.69) is 34.7 Å². The van der Waals surface area contributed by atoms with Crippen molar-refractivity contribution in [3.63, 3.8) is 0 Å². The lowest BCUT2D eigenvalue weighted by Crippen LogP contribution is -2.45. The van der Waals surface area contributed by atoms with Crippen molar-refractivity contribution in [2.24, 2.45) is 0 Å². The fourth-order valence-corrected chi connectivity index (χ4v) is 4.31. The normalized spacial score (nSPS) is 19.7. The third-order valence-electron chi connectivity index (χ3n) is 5.85. The van der Waals surface area contributed by atoms with E-state index in [0.717, 1.165) is 56.8 Å². The molecule has 1 aromatic heterocycles. The van der Waals surface area contributed by atoms with Gasteiger partial charge in [-0.05, 0) is 51.5 Å². The van der Waals surface area contributed by atoms with Gasteiger partial charge in [0.05, 0.1) is 0 Å². The van der Waals surface area contributed by atoms with Crippen LogP contribution >= 0.6 is 0 Å². The number of nitrogens with zero attached hydrogens (tertiary/aromatic N) is 4. The predicted molar refractivity (Wildman–Crippen MR) is 109 cm³/mol. The summed E-state index contributed by atoms with van der Waals surface area (Å²) in [5, 5.41) is 0. The zero-order valence-electron chi connectivity index (χ0n) is 16.9. The summed E-state index contributed by atoms with van der Waals surface area (Å²) in [4.78, 5) is 21.7. The van der Waals surface area contributed by atoms with Crippen molar-refractivity contribution >= 4 is 5.91 Å². The van der Waals surface area contributed by atoms with Crippen LogP contribution in [0, 0.1) is 0 Å². The number of aryl methyl sites for hydroxylation is 1. The first kappa shape index (κ1) is 19.0. The van der Waals surface area contributed by atoms with E-state index in [4.69, 9.17) is 4.74 Å². The van der Waals surface area contributed by atoms with Gasteiger partial charge in [-0.25, -0.2) is 4.98 Å². The summed E-state index contributed by atoms with van der Waals surface area (Å²) in [6, 6.07) is 7.95. The number of hydrogen-bond acceptors (Lipinski definition) is 4. The molecule has 0 radical (unpaired) electrons. The molecule has 0 N–H and O–H groups in total. The Balaban J connectivity index is 1.31. The van der Waals surface area contributed by atoms with Gasteiger partial charge < -0.3 is 19.1 Å². The highest BCUT2D eigenvalue weighted by atomic mass is 16.5. The number of carbonyl (C=O) groups is 1. The molecule has 1 saturated heterocycles. The molecule has 1 fully saturated rings. The van der Waals surface area contributed by atoms with Crippen molar-refractivity contribution in [1.29, 1.82) is 0 Å². The Morgan fingerprint density at radius 2 is 2.04 bits per heavy atom. The van der Waals surface area contributed by atoms with Crippen LogP contribution in [0.25, 0.3) is 0 Å². The van der Waals surface area contributed by atoms with Crippen LogP contribution in [0.4, 0.5) is 0 Å². The van der Waals surface area contributed by atoms with E-state index < -0.39 is 0 Å². The molecule has 1 amide bonds. The minimum absolute atomic E-state index is 0.129. The van der Waals surface area contributed by atoms with Crippen molar-refractivity contribution in [2.75, 3.05) is 33.7 Å². The Labute approximate surface area is 167 Å². The molecule has 0 spiro atoms. The van der Waals surface area contributed by atoms with Crippen LogP contribution < -0.4 is 4.74 Å². The number of likely N-dealkylation sites (tertiary alicyclic amines) is 1. The zero-order valence-corrected chi connectivity index (χ0v) is 16.9. The maximum atomic E-state index is 12.9. The fraction of sp³-hybridized carbons (Fsp3) is 0.545. The standard InChI is InChI=1S/C22H30N4O2/c1-24(2)11-5-12-25-15-10-23-21(25)17-8-13-26(14-9-17)22(27)20-16-18-6-3-4-7-19(18)28-20/h3-4,6-7,10,15,17,20H,5,8-9,11-14,16H2,1-2H3/t20-/m1/s1. The molecule has 1 atom stereocenters. The molecule has 2 aliphatic heterocycles. The van der Waals surface area contributed by atoms with Crippen LogP contribution in [-0.2, 0) is 17.8 Å². The van der Waals surface area contributed by atoms with Crippen LogP contribution in [0.3, 0.4) is 0 Å². The van der Waals surface area contributed by atoms with E-state index in [-0.39, 0.29) is 12.0 Å². The topological polar surface area (TPSA) is 50.6 Å². The fourth-order valence-electron chi connectivity index (χ4n) is 4.31. The summed E-state index contributed by atoms with van der Waals surface area (Å²) in [5.41, 5.74) is 1.13. The van der Waals surface area contributed by atoms with Crippen LogP contribution in [-0.4, -0.2) is 65.1 Å². The molecule has 28 heavy (non-hydrogen) atoms. The molecule has 150 valence electrons.